The molecule has 0 aromatic carbocycles. The molecule has 0 saturated carbocycles. The van der Waals surface area contributed by atoms with E-state index in [0.717, 1.165) is 6.20 Å². The Labute approximate surface area is 75.3 Å². The quantitative estimate of drug-likeness (QED) is 0.689. The van der Waals surface area contributed by atoms with Crippen LogP contribution in [0.1, 0.15) is 5.56 Å². The Kier molecular flexibility index (Phi) is 3.14. The van der Waals surface area contributed by atoms with Crippen LogP contribution in [0.15, 0.2) is 24.5 Å². The molecule has 4 heteroatoms. The van der Waals surface area contributed by atoms with Gasteiger partial charge in [0.05, 0.1) is 6.20 Å². The van der Waals surface area contributed by atoms with E-state index in [1.54, 1.807) is 0 Å². The summed E-state index contributed by atoms with van der Waals surface area (Å²) >= 11 is 0. The molecule has 3 nitrogen and oxygen atoms in total. The maximum atomic E-state index is 12.6. The van der Waals surface area contributed by atoms with Gasteiger partial charge in [0.1, 0.15) is 5.82 Å². The molecule has 1 rings (SSSR count). The van der Waals surface area contributed by atoms with E-state index in [-0.39, 0.29) is 5.91 Å². The number of nitrogens with zero attached hydrogens (tertiary/aromatic N) is 1. The molecule has 0 fully saturated rings. The molecule has 0 spiro atoms. The van der Waals surface area contributed by atoms with Crippen molar-refractivity contribution in [1.29, 1.82) is 0 Å². The lowest BCUT2D eigenvalue weighted by Gasteiger charge is -1.92. The van der Waals surface area contributed by atoms with Crippen LogP contribution in [0, 0.1) is 5.82 Å². The number of pyridine rings is 1. The summed E-state index contributed by atoms with van der Waals surface area (Å²) in [5.74, 6) is -0.650. The third kappa shape index (κ3) is 3.02. The predicted molar refractivity (Wildman–Crippen MR) is 47.3 cm³/mol. The molecule has 0 aliphatic rings. The largest absolute Gasteiger partial charge is 0.356 e. The van der Waals surface area contributed by atoms with Crippen LogP contribution in [0.2, 0.25) is 0 Å². The zero-order chi connectivity index (χ0) is 9.68. The van der Waals surface area contributed by atoms with Gasteiger partial charge >= 0.3 is 0 Å². The van der Waals surface area contributed by atoms with Crippen molar-refractivity contribution in [3.63, 3.8) is 0 Å². The summed E-state index contributed by atoms with van der Waals surface area (Å²) in [7, 11) is 1.52. The minimum Gasteiger partial charge on any atom is -0.356 e. The highest BCUT2D eigenvalue weighted by atomic mass is 19.1. The number of rotatable bonds is 2. The molecule has 0 atom stereocenters. The lowest BCUT2D eigenvalue weighted by molar-refractivity contribution is -0.115. The van der Waals surface area contributed by atoms with Gasteiger partial charge in [-0.15, -0.1) is 0 Å². The first-order valence-corrected chi connectivity index (χ1v) is 3.72. The maximum absolute atomic E-state index is 12.6. The maximum Gasteiger partial charge on any atom is 0.243 e. The molecular formula is C9H9FN2O. The van der Waals surface area contributed by atoms with Crippen LogP contribution < -0.4 is 5.32 Å². The molecule has 1 amide bonds. The molecule has 0 aliphatic heterocycles. The van der Waals surface area contributed by atoms with E-state index in [1.807, 2.05) is 0 Å². The topological polar surface area (TPSA) is 42.0 Å². The smallest absolute Gasteiger partial charge is 0.243 e. The van der Waals surface area contributed by atoms with E-state index in [0.29, 0.717) is 5.56 Å². The number of hydrogen-bond acceptors (Lipinski definition) is 2. The Balaban J connectivity index is 2.74. The summed E-state index contributed by atoms with van der Waals surface area (Å²) in [4.78, 5) is 14.4. The Hall–Kier alpha value is -1.71. The fourth-order valence-electron chi connectivity index (χ4n) is 0.775. The highest BCUT2D eigenvalue weighted by Gasteiger charge is 1.92. The Morgan fingerprint density at radius 1 is 1.62 bits per heavy atom. The SMILES string of the molecule is CNC(=O)/C=C/c1cncc(F)c1. The van der Waals surface area contributed by atoms with E-state index in [4.69, 9.17) is 0 Å². The van der Waals surface area contributed by atoms with Crippen molar-refractivity contribution in [1.82, 2.24) is 10.3 Å². The number of nitrogens with one attached hydrogen (secondary N) is 1. The van der Waals surface area contributed by atoms with Gasteiger partial charge in [0.2, 0.25) is 5.91 Å². The molecule has 0 aliphatic carbocycles. The molecule has 1 N–H and O–H groups in total. The summed E-state index contributed by atoms with van der Waals surface area (Å²) in [6.07, 6.45) is 5.39. The average molecular weight is 180 g/mol. The first kappa shape index (κ1) is 9.38. The van der Waals surface area contributed by atoms with Crippen molar-refractivity contribution in [3.8, 4) is 0 Å². The number of halogens is 1. The van der Waals surface area contributed by atoms with Crippen LogP contribution in [0.25, 0.3) is 6.08 Å². The van der Waals surface area contributed by atoms with Gasteiger partial charge in [-0.05, 0) is 17.7 Å². The van der Waals surface area contributed by atoms with Gasteiger partial charge < -0.3 is 5.32 Å². The second kappa shape index (κ2) is 4.35. The third-order valence-electron chi connectivity index (χ3n) is 1.40. The fourth-order valence-corrected chi connectivity index (χ4v) is 0.775. The van der Waals surface area contributed by atoms with Crippen molar-refractivity contribution in [2.24, 2.45) is 0 Å². The molecule has 1 aromatic rings. The van der Waals surface area contributed by atoms with E-state index in [9.17, 15) is 9.18 Å². The van der Waals surface area contributed by atoms with Crippen molar-refractivity contribution in [2.75, 3.05) is 7.05 Å². The Bertz CT molecular complexity index is 336. The first-order valence-electron chi connectivity index (χ1n) is 3.72. The highest BCUT2D eigenvalue weighted by Crippen LogP contribution is 2.02. The first-order chi connectivity index (χ1) is 6.22. The molecule has 13 heavy (non-hydrogen) atoms. The normalized spacial score (nSPS) is 10.3. The number of amides is 1. The van der Waals surface area contributed by atoms with Gasteiger partial charge in [-0.1, -0.05) is 0 Å². The van der Waals surface area contributed by atoms with E-state index < -0.39 is 5.82 Å². The van der Waals surface area contributed by atoms with Crippen LogP contribution in [-0.2, 0) is 4.79 Å². The highest BCUT2D eigenvalue weighted by molar-refractivity contribution is 5.91. The monoisotopic (exact) mass is 180 g/mol. The van der Waals surface area contributed by atoms with Crippen molar-refractivity contribution in [3.05, 3.63) is 35.9 Å². The summed E-state index contributed by atoms with van der Waals surface area (Å²) < 4.78 is 12.6. The van der Waals surface area contributed by atoms with E-state index in [1.165, 1.54) is 31.5 Å². The second-order valence-corrected chi connectivity index (χ2v) is 2.38. The molecule has 0 unspecified atom stereocenters. The minimum atomic E-state index is -0.418. The van der Waals surface area contributed by atoms with Crippen LogP contribution in [0.5, 0.6) is 0 Å². The van der Waals surface area contributed by atoms with Gasteiger partial charge in [-0.2, -0.15) is 0 Å². The number of carbonyl (C=O) groups excluding carboxylic acids is 1. The third-order valence-corrected chi connectivity index (χ3v) is 1.40. The molecule has 1 heterocycles. The van der Waals surface area contributed by atoms with E-state index >= 15 is 0 Å². The minimum absolute atomic E-state index is 0.232. The van der Waals surface area contributed by atoms with Gasteiger partial charge in [-0.25, -0.2) is 4.39 Å². The number of aromatic nitrogens is 1. The van der Waals surface area contributed by atoms with Crippen LogP contribution in [0.3, 0.4) is 0 Å². The Morgan fingerprint density at radius 2 is 2.38 bits per heavy atom. The number of hydrogen-bond donors (Lipinski definition) is 1. The number of likely N-dealkylation sites (N-methyl/N-ethyl adjacent to an activating group) is 1. The molecule has 0 bridgehead atoms. The second-order valence-electron chi connectivity index (χ2n) is 2.38. The van der Waals surface area contributed by atoms with Crippen LogP contribution in [0.4, 0.5) is 4.39 Å². The zero-order valence-electron chi connectivity index (χ0n) is 7.12. The van der Waals surface area contributed by atoms with Crippen molar-refractivity contribution in [2.45, 2.75) is 0 Å². The zero-order valence-corrected chi connectivity index (χ0v) is 7.12. The average Bonchev–Trinajstić information content (AvgIpc) is 2.14. The lowest BCUT2D eigenvalue weighted by atomic mass is 10.2. The van der Waals surface area contributed by atoms with E-state index in [2.05, 4.69) is 10.3 Å². The van der Waals surface area contributed by atoms with Gasteiger partial charge in [0, 0.05) is 19.3 Å². The molecule has 0 radical (unpaired) electrons. The van der Waals surface area contributed by atoms with Crippen molar-refractivity contribution >= 4 is 12.0 Å². The fraction of sp³-hybridized carbons (Fsp3) is 0.111. The number of carbonyl (C=O) groups is 1. The van der Waals surface area contributed by atoms with Gasteiger partial charge in [-0.3, -0.25) is 9.78 Å². The lowest BCUT2D eigenvalue weighted by Crippen LogP contribution is -2.13. The Morgan fingerprint density at radius 3 is 3.00 bits per heavy atom. The standard InChI is InChI=1S/C9H9FN2O/c1-11-9(13)3-2-7-4-8(10)6-12-5-7/h2-6H,1H3,(H,11,13)/b3-2+. The van der Waals surface area contributed by atoms with Crippen LogP contribution >= 0.6 is 0 Å². The molecule has 0 saturated heterocycles. The predicted octanol–water partition coefficient (Wildman–Crippen LogP) is 0.980. The summed E-state index contributed by atoms with van der Waals surface area (Å²) in [5.41, 5.74) is 0.559. The summed E-state index contributed by atoms with van der Waals surface area (Å²) in [6, 6.07) is 1.30. The summed E-state index contributed by atoms with van der Waals surface area (Å²) in [5, 5.41) is 2.41. The molecule has 68 valence electrons. The van der Waals surface area contributed by atoms with Crippen LogP contribution in [-0.4, -0.2) is 17.9 Å². The van der Waals surface area contributed by atoms with Crippen molar-refractivity contribution < 1.29 is 9.18 Å². The molecular weight excluding hydrogens is 171 g/mol. The van der Waals surface area contributed by atoms with Gasteiger partial charge in [0.25, 0.3) is 0 Å². The summed E-state index contributed by atoms with van der Waals surface area (Å²) in [6.45, 7) is 0. The molecule has 1 aromatic heterocycles. The van der Waals surface area contributed by atoms with Gasteiger partial charge in [0.15, 0.2) is 0 Å².